The maximum absolute atomic E-state index is 3.88. The second-order valence-electron chi connectivity index (χ2n) is 2.59. The van der Waals surface area contributed by atoms with Crippen molar-refractivity contribution in [3.05, 3.63) is 5.82 Å². The lowest BCUT2D eigenvalue weighted by Crippen LogP contribution is -1.83. The maximum Gasteiger partial charge on any atom is 0.177 e. The number of nitrogens with zero attached hydrogens (tertiary/aromatic N) is 3. The van der Waals surface area contributed by atoms with Gasteiger partial charge >= 0.3 is 0 Å². The predicted octanol–water partition coefficient (Wildman–Crippen LogP) is 0.323. The smallest absolute Gasteiger partial charge is 0.177 e. The standard InChI is InChI=1S/C5H8N4/c1-3-2-4(3)5-6-8-9-7-5/h3-4H,2H2,1H3,(H,6,7,8,9)/t3-,4+/m0/s1. The first-order chi connectivity index (χ1) is 4.38. The lowest BCUT2D eigenvalue weighted by molar-refractivity contribution is 0.847. The van der Waals surface area contributed by atoms with Gasteiger partial charge < -0.3 is 0 Å². The van der Waals surface area contributed by atoms with Crippen LogP contribution in [0.2, 0.25) is 0 Å². The van der Waals surface area contributed by atoms with E-state index in [2.05, 4.69) is 27.5 Å². The summed E-state index contributed by atoms with van der Waals surface area (Å²) in [5.41, 5.74) is 0. The summed E-state index contributed by atoms with van der Waals surface area (Å²) in [6.45, 7) is 2.20. The summed E-state index contributed by atoms with van der Waals surface area (Å²) in [6.07, 6.45) is 1.22. The van der Waals surface area contributed by atoms with E-state index in [0.717, 1.165) is 11.7 Å². The molecular formula is C5H8N4. The summed E-state index contributed by atoms with van der Waals surface area (Å²) in [4.78, 5) is 0. The summed E-state index contributed by atoms with van der Waals surface area (Å²) in [6, 6.07) is 0. The van der Waals surface area contributed by atoms with Gasteiger partial charge in [-0.25, -0.2) is 0 Å². The van der Waals surface area contributed by atoms with Crippen LogP contribution in [0, 0.1) is 5.92 Å². The monoisotopic (exact) mass is 124 g/mol. The largest absolute Gasteiger partial charge is 0.177 e. The molecular weight excluding hydrogens is 116 g/mol. The predicted molar refractivity (Wildman–Crippen MR) is 30.7 cm³/mol. The summed E-state index contributed by atoms with van der Waals surface area (Å²) in [5.74, 6) is 2.23. The molecule has 1 saturated carbocycles. The van der Waals surface area contributed by atoms with Crippen molar-refractivity contribution in [2.24, 2.45) is 5.92 Å². The normalized spacial score (nSPS) is 32.6. The van der Waals surface area contributed by atoms with Gasteiger partial charge in [0.25, 0.3) is 0 Å². The highest BCUT2D eigenvalue weighted by Crippen LogP contribution is 2.44. The van der Waals surface area contributed by atoms with Gasteiger partial charge in [0.15, 0.2) is 5.82 Å². The van der Waals surface area contributed by atoms with E-state index >= 15 is 0 Å². The molecule has 0 unspecified atom stereocenters. The second-order valence-corrected chi connectivity index (χ2v) is 2.59. The van der Waals surface area contributed by atoms with Crippen LogP contribution >= 0.6 is 0 Å². The van der Waals surface area contributed by atoms with E-state index in [1.807, 2.05) is 0 Å². The fourth-order valence-corrected chi connectivity index (χ4v) is 1.01. The molecule has 0 bridgehead atoms. The van der Waals surface area contributed by atoms with E-state index in [0.29, 0.717) is 5.92 Å². The minimum Gasteiger partial charge on any atom is -0.177 e. The number of hydrogen-bond donors (Lipinski definition) is 1. The molecule has 4 heteroatoms. The van der Waals surface area contributed by atoms with Crippen molar-refractivity contribution in [3.8, 4) is 0 Å². The Morgan fingerprint density at radius 2 is 2.44 bits per heavy atom. The molecule has 1 aromatic heterocycles. The number of H-pyrrole nitrogens is 1. The van der Waals surface area contributed by atoms with Crippen molar-refractivity contribution in [1.29, 1.82) is 0 Å². The first kappa shape index (κ1) is 4.90. The quantitative estimate of drug-likeness (QED) is 0.586. The summed E-state index contributed by atoms with van der Waals surface area (Å²) < 4.78 is 0. The molecule has 1 N–H and O–H groups in total. The minimum atomic E-state index is 0.587. The Labute approximate surface area is 52.7 Å². The van der Waals surface area contributed by atoms with Gasteiger partial charge in [0.2, 0.25) is 0 Å². The van der Waals surface area contributed by atoms with E-state index in [4.69, 9.17) is 0 Å². The molecule has 9 heavy (non-hydrogen) atoms. The van der Waals surface area contributed by atoms with E-state index in [9.17, 15) is 0 Å². The molecule has 0 aliphatic heterocycles. The van der Waals surface area contributed by atoms with Crippen LogP contribution in [0.1, 0.15) is 25.1 Å². The van der Waals surface area contributed by atoms with Gasteiger partial charge in [0.05, 0.1) is 0 Å². The Hall–Kier alpha value is -0.930. The average molecular weight is 124 g/mol. The summed E-state index contributed by atoms with van der Waals surface area (Å²) in [7, 11) is 0. The minimum absolute atomic E-state index is 0.587. The highest BCUT2D eigenvalue weighted by atomic mass is 15.5. The molecule has 2 atom stereocenters. The lowest BCUT2D eigenvalue weighted by Gasteiger charge is -1.80. The van der Waals surface area contributed by atoms with Crippen LogP contribution in [0.5, 0.6) is 0 Å². The Kier molecular flexibility index (Phi) is 0.831. The third-order valence-electron chi connectivity index (χ3n) is 1.80. The highest BCUT2D eigenvalue weighted by molar-refractivity contribution is 5.04. The van der Waals surface area contributed by atoms with Gasteiger partial charge in [-0.1, -0.05) is 12.1 Å². The molecule has 0 spiro atoms. The zero-order valence-corrected chi connectivity index (χ0v) is 5.20. The highest BCUT2D eigenvalue weighted by Gasteiger charge is 2.37. The molecule has 2 rings (SSSR count). The molecule has 1 heterocycles. The first-order valence-electron chi connectivity index (χ1n) is 3.11. The van der Waals surface area contributed by atoms with Gasteiger partial charge in [-0.05, 0) is 12.3 Å². The molecule has 0 amide bonds. The average Bonchev–Trinajstić information content (AvgIpc) is 2.44. The van der Waals surface area contributed by atoms with Crippen LogP contribution in [-0.2, 0) is 0 Å². The lowest BCUT2D eigenvalue weighted by atomic mass is 10.3. The molecule has 48 valence electrons. The van der Waals surface area contributed by atoms with E-state index in [-0.39, 0.29) is 0 Å². The molecule has 0 saturated heterocycles. The SMILES string of the molecule is C[C@H]1C[C@H]1c1nn[nH]n1. The van der Waals surface area contributed by atoms with Gasteiger partial charge in [-0.3, -0.25) is 0 Å². The van der Waals surface area contributed by atoms with Gasteiger partial charge in [-0.2, -0.15) is 5.21 Å². The van der Waals surface area contributed by atoms with Crippen LogP contribution in [0.4, 0.5) is 0 Å². The Morgan fingerprint density at radius 1 is 1.67 bits per heavy atom. The molecule has 0 aromatic carbocycles. The van der Waals surface area contributed by atoms with Crippen LogP contribution in [0.15, 0.2) is 0 Å². The zero-order valence-electron chi connectivity index (χ0n) is 5.20. The van der Waals surface area contributed by atoms with Crippen molar-refractivity contribution in [2.75, 3.05) is 0 Å². The third-order valence-corrected chi connectivity index (χ3v) is 1.80. The second kappa shape index (κ2) is 1.52. The van der Waals surface area contributed by atoms with Crippen molar-refractivity contribution in [1.82, 2.24) is 20.6 Å². The Bertz CT molecular complexity index is 193. The van der Waals surface area contributed by atoms with E-state index < -0.39 is 0 Å². The number of aromatic nitrogens is 4. The van der Waals surface area contributed by atoms with Crippen molar-refractivity contribution in [3.63, 3.8) is 0 Å². The molecule has 1 fully saturated rings. The van der Waals surface area contributed by atoms with Gasteiger partial charge in [0, 0.05) is 5.92 Å². The van der Waals surface area contributed by atoms with Crippen molar-refractivity contribution >= 4 is 0 Å². The van der Waals surface area contributed by atoms with E-state index in [1.54, 1.807) is 0 Å². The molecule has 1 aliphatic carbocycles. The van der Waals surface area contributed by atoms with Crippen LogP contribution in [-0.4, -0.2) is 20.6 Å². The van der Waals surface area contributed by atoms with Gasteiger partial charge in [0.1, 0.15) is 0 Å². The fourth-order valence-electron chi connectivity index (χ4n) is 1.01. The first-order valence-corrected chi connectivity index (χ1v) is 3.11. The Balaban J connectivity index is 2.18. The molecule has 1 aliphatic rings. The Morgan fingerprint density at radius 3 is 2.89 bits per heavy atom. The number of hydrogen-bond acceptors (Lipinski definition) is 3. The number of tetrazole rings is 1. The number of rotatable bonds is 1. The molecule has 1 aromatic rings. The summed E-state index contributed by atoms with van der Waals surface area (Å²) in [5, 5.41) is 13.7. The fraction of sp³-hybridized carbons (Fsp3) is 0.800. The van der Waals surface area contributed by atoms with Crippen LogP contribution < -0.4 is 0 Å². The number of nitrogens with one attached hydrogen (secondary N) is 1. The zero-order chi connectivity index (χ0) is 6.27. The topological polar surface area (TPSA) is 54.5 Å². The van der Waals surface area contributed by atoms with E-state index in [1.165, 1.54) is 6.42 Å². The molecule has 0 radical (unpaired) electrons. The van der Waals surface area contributed by atoms with Crippen LogP contribution in [0.3, 0.4) is 0 Å². The summed E-state index contributed by atoms with van der Waals surface area (Å²) >= 11 is 0. The van der Waals surface area contributed by atoms with Crippen molar-refractivity contribution in [2.45, 2.75) is 19.3 Å². The maximum atomic E-state index is 3.88. The van der Waals surface area contributed by atoms with Gasteiger partial charge in [-0.15, -0.1) is 10.2 Å². The third kappa shape index (κ3) is 0.704. The molecule has 4 nitrogen and oxygen atoms in total. The van der Waals surface area contributed by atoms with Crippen molar-refractivity contribution < 1.29 is 0 Å². The van der Waals surface area contributed by atoms with Crippen LogP contribution in [0.25, 0.3) is 0 Å². The number of aromatic amines is 1.